The number of aromatic nitrogens is 1. The van der Waals surface area contributed by atoms with Gasteiger partial charge < -0.3 is 4.74 Å². The fraction of sp³-hybridized carbons (Fsp3) is 0.0714. The van der Waals surface area contributed by atoms with E-state index in [0.29, 0.717) is 27.6 Å². The Morgan fingerprint density at radius 1 is 0.889 bits per heavy atom. The number of benzene rings is 2. The number of halogens is 2. The van der Waals surface area contributed by atoms with Gasteiger partial charge in [-0.3, -0.25) is 0 Å². The van der Waals surface area contributed by atoms with Gasteiger partial charge in [-0.1, -0.05) is 0 Å². The lowest BCUT2D eigenvalue weighted by molar-refractivity contribution is 0.405. The number of nitrogens with zero attached hydrogens (tertiary/aromatic N) is 1. The Morgan fingerprint density at radius 3 is 2.28 bits per heavy atom. The van der Waals surface area contributed by atoms with Crippen LogP contribution in [0.15, 0.2) is 36.4 Å². The van der Waals surface area contributed by atoms with Crippen LogP contribution in [0.4, 0.5) is 8.78 Å². The number of pyridine rings is 1. The predicted octanol–water partition coefficient (Wildman–Crippen LogP) is 3.67. The van der Waals surface area contributed by atoms with E-state index in [0.717, 1.165) is 0 Å². The molecule has 0 bridgehead atoms. The van der Waals surface area contributed by atoms with Gasteiger partial charge in [0.05, 0.1) is 12.6 Å². The smallest absolute Gasteiger partial charge is 0.221 e. The fourth-order valence-corrected chi connectivity index (χ4v) is 2.08. The summed E-state index contributed by atoms with van der Waals surface area (Å²) in [6, 6.07) is 8.60. The first kappa shape index (κ1) is 10.9. The first-order valence-corrected chi connectivity index (χ1v) is 5.41. The summed E-state index contributed by atoms with van der Waals surface area (Å²) in [5.74, 6) is -0.364. The van der Waals surface area contributed by atoms with E-state index < -0.39 is 0 Å². The van der Waals surface area contributed by atoms with Crippen LogP contribution in [-0.4, -0.2) is 12.1 Å². The van der Waals surface area contributed by atoms with Gasteiger partial charge in [-0.2, -0.15) is 0 Å². The lowest BCUT2D eigenvalue weighted by Crippen LogP contribution is -1.92. The van der Waals surface area contributed by atoms with Gasteiger partial charge in [0.15, 0.2) is 0 Å². The molecule has 2 aromatic carbocycles. The van der Waals surface area contributed by atoms with Gasteiger partial charge in [0.25, 0.3) is 0 Å². The Hall–Kier alpha value is -2.23. The maximum atomic E-state index is 13.3. The maximum absolute atomic E-state index is 13.3. The fourth-order valence-electron chi connectivity index (χ4n) is 2.08. The minimum Gasteiger partial charge on any atom is -0.481 e. The topological polar surface area (TPSA) is 22.1 Å². The molecule has 0 aliphatic heterocycles. The second kappa shape index (κ2) is 3.91. The van der Waals surface area contributed by atoms with Crippen LogP contribution in [0.5, 0.6) is 5.88 Å². The molecule has 0 atom stereocenters. The van der Waals surface area contributed by atoms with Crippen molar-refractivity contribution >= 4 is 21.7 Å². The second-order valence-electron chi connectivity index (χ2n) is 3.97. The highest BCUT2D eigenvalue weighted by atomic mass is 19.1. The predicted molar refractivity (Wildman–Crippen MR) is 65.7 cm³/mol. The zero-order valence-electron chi connectivity index (χ0n) is 9.58. The molecular formula is C14H9F2NO. The number of ether oxygens (including phenoxy) is 1. The number of methoxy groups -OCH3 is 1. The molecule has 0 saturated heterocycles. The number of rotatable bonds is 1. The van der Waals surface area contributed by atoms with Gasteiger partial charge in [-0.25, -0.2) is 13.8 Å². The first-order valence-electron chi connectivity index (χ1n) is 5.41. The summed E-state index contributed by atoms with van der Waals surface area (Å²) in [6.07, 6.45) is 0. The summed E-state index contributed by atoms with van der Waals surface area (Å²) >= 11 is 0. The molecule has 0 saturated carbocycles. The number of hydrogen-bond acceptors (Lipinski definition) is 2. The quantitative estimate of drug-likeness (QED) is 0.610. The van der Waals surface area contributed by atoms with Crippen LogP contribution in [0, 0.1) is 11.6 Å². The lowest BCUT2D eigenvalue weighted by atomic mass is 10.1. The average Bonchev–Trinajstić information content (AvgIpc) is 2.37. The van der Waals surface area contributed by atoms with Crippen molar-refractivity contribution in [3.8, 4) is 5.88 Å². The van der Waals surface area contributed by atoms with E-state index in [9.17, 15) is 8.78 Å². The molecule has 0 aliphatic carbocycles. The highest BCUT2D eigenvalue weighted by molar-refractivity contribution is 6.07. The third-order valence-electron chi connectivity index (χ3n) is 2.88. The van der Waals surface area contributed by atoms with Gasteiger partial charge >= 0.3 is 0 Å². The van der Waals surface area contributed by atoms with E-state index >= 15 is 0 Å². The standard InChI is InChI=1S/C14H9F2NO/c1-18-14-11-5-3-8(15)6-12(11)10-4-2-9(16)7-13(10)17-14/h2-7H,1H3. The Balaban J connectivity index is 2.54. The Bertz CT molecular complexity index is 755. The molecule has 1 heterocycles. The molecule has 2 nitrogen and oxygen atoms in total. The molecule has 1 aromatic heterocycles. The first-order chi connectivity index (χ1) is 8.69. The van der Waals surface area contributed by atoms with E-state index in [1.165, 1.54) is 31.4 Å². The second-order valence-corrected chi connectivity index (χ2v) is 3.97. The third-order valence-corrected chi connectivity index (χ3v) is 2.88. The normalized spacial score (nSPS) is 11.1. The van der Waals surface area contributed by atoms with Crippen molar-refractivity contribution in [3.63, 3.8) is 0 Å². The van der Waals surface area contributed by atoms with Crippen LogP contribution < -0.4 is 4.74 Å². The molecule has 90 valence electrons. The van der Waals surface area contributed by atoms with E-state index in [4.69, 9.17) is 4.74 Å². The molecule has 18 heavy (non-hydrogen) atoms. The van der Waals surface area contributed by atoms with Crippen LogP contribution in [-0.2, 0) is 0 Å². The summed E-state index contributed by atoms with van der Waals surface area (Å²) in [6.45, 7) is 0. The van der Waals surface area contributed by atoms with Crippen molar-refractivity contribution in [3.05, 3.63) is 48.0 Å². The SMILES string of the molecule is COc1nc2cc(F)ccc2c2cc(F)ccc12. The van der Waals surface area contributed by atoms with Crippen LogP contribution in [0.3, 0.4) is 0 Å². The van der Waals surface area contributed by atoms with Crippen molar-refractivity contribution in [2.75, 3.05) is 7.11 Å². The van der Waals surface area contributed by atoms with Crippen molar-refractivity contribution in [1.29, 1.82) is 0 Å². The van der Waals surface area contributed by atoms with Crippen molar-refractivity contribution < 1.29 is 13.5 Å². The largest absolute Gasteiger partial charge is 0.481 e. The monoisotopic (exact) mass is 245 g/mol. The van der Waals surface area contributed by atoms with Crippen LogP contribution in [0.2, 0.25) is 0 Å². The highest BCUT2D eigenvalue weighted by Gasteiger charge is 2.10. The van der Waals surface area contributed by atoms with Crippen LogP contribution in [0.25, 0.3) is 21.7 Å². The molecular weight excluding hydrogens is 236 g/mol. The van der Waals surface area contributed by atoms with Gasteiger partial charge in [0.1, 0.15) is 11.6 Å². The minimum atomic E-state index is -0.382. The minimum absolute atomic E-state index is 0.346. The van der Waals surface area contributed by atoms with Gasteiger partial charge in [-0.05, 0) is 35.7 Å². The van der Waals surface area contributed by atoms with Crippen LogP contribution in [0.1, 0.15) is 0 Å². The Kier molecular flexibility index (Phi) is 2.37. The summed E-state index contributed by atoms with van der Waals surface area (Å²) < 4.78 is 31.7. The number of hydrogen-bond donors (Lipinski definition) is 0. The van der Waals surface area contributed by atoms with E-state index in [1.54, 1.807) is 12.1 Å². The molecule has 0 fully saturated rings. The Morgan fingerprint density at radius 2 is 1.56 bits per heavy atom. The summed E-state index contributed by atoms with van der Waals surface area (Å²) in [5.41, 5.74) is 0.449. The molecule has 0 aliphatic rings. The molecule has 0 amide bonds. The zero-order chi connectivity index (χ0) is 12.7. The zero-order valence-corrected chi connectivity index (χ0v) is 9.58. The highest BCUT2D eigenvalue weighted by Crippen LogP contribution is 2.31. The van der Waals surface area contributed by atoms with Crippen molar-refractivity contribution in [2.45, 2.75) is 0 Å². The molecule has 3 rings (SSSR count). The van der Waals surface area contributed by atoms with Gasteiger partial charge in [0.2, 0.25) is 5.88 Å². The molecule has 0 N–H and O–H groups in total. The van der Waals surface area contributed by atoms with Crippen molar-refractivity contribution in [1.82, 2.24) is 4.98 Å². The van der Waals surface area contributed by atoms with E-state index in [1.807, 2.05) is 0 Å². The molecule has 4 heteroatoms. The maximum Gasteiger partial charge on any atom is 0.221 e. The lowest BCUT2D eigenvalue weighted by Gasteiger charge is -2.08. The van der Waals surface area contributed by atoms with E-state index in [-0.39, 0.29) is 11.6 Å². The summed E-state index contributed by atoms with van der Waals surface area (Å²) in [7, 11) is 1.48. The molecule has 0 spiro atoms. The summed E-state index contributed by atoms with van der Waals surface area (Å²) in [5, 5.41) is 2.07. The molecule has 0 unspecified atom stereocenters. The van der Waals surface area contributed by atoms with Crippen LogP contribution >= 0.6 is 0 Å². The molecule has 3 aromatic rings. The van der Waals surface area contributed by atoms with Gasteiger partial charge in [0, 0.05) is 16.8 Å². The molecule has 0 radical (unpaired) electrons. The summed E-state index contributed by atoms with van der Waals surface area (Å²) in [4.78, 5) is 4.23. The van der Waals surface area contributed by atoms with E-state index in [2.05, 4.69) is 4.98 Å². The Labute approximate surface area is 102 Å². The van der Waals surface area contributed by atoms with Crippen molar-refractivity contribution in [2.24, 2.45) is 0 Å². The average molecular weight is 245 g/mol. The number of fused-ring (bicyclic) bond motifs is 3. The third kappa shape index (κ3) is 1.57. The van der Waals surface area contributed by atoms with Gasteiger partial charge in [-0.15, -0.1) is 0 Å².